The van der Waals surface area contributed by atoms with Gasteiger partial charge in [-0.3, -0.25) is 62.4 Å². The fraction of sp³-hybridized carbons (Fsp3) is 0.455. The van der Waals surface area contributed by atoms with Crippen LogP contribution >= 0.6 is 0 Å². The molecule has 43 nitrogen and oxygen atoms in total. The minimum Gasteiger partial charge on any atom is -0.377 e. The normalized spacial score (nSPS) is 14.8. The van der Waals surface area contributed by atoms with E-state index in [0.29, 0.717) is 82.7 Å². The summed E-state index contributed by atoms with van der Waals surface area (Å²) in [5.74, 6) is -4.55. The third-order valence-electron chi connectivity index (χ3n) is 22.4. The monoisotopic (exact) mass is 1830 g/mol. The lowest BCUT2D eigenvalue weighted by Gasteiger charge is -2.36. The maximum atomic E-state index is 15.0. The fourth-order valence-corrected chi connectivity index (χ4v) is 15.7. The van der Waals surface area contributed by atoms with Crippen molar-refractivity contribution in [2.75, 3.05) is 189 Å². The molecule has 2 fully saturated rings. The zero-order chi connectivity index (χ0) is 93.9. The Kier molecular flexibility index (Phi) is 34.8. The molecule has 0 spiro atoms. The van der Waals surface area contributed by atoms with Crippen molar-refractivity contribution in [2.24, 2.45) is 42.3 Å². The summed E-state index contributed by atoms with van der Waals surface area (Å²) in [6, 6.07) is 19.2. The van der Waals surface area contributed by atoms with Crippen LogP contribution in [0.2, 0.25) is 0 Å². The zero-order valence-electron chi connectivity index (χ0n) is 75.2. The van der Waals surface area contributed by atoms with Gasteiger partial charge in [0.05, 0.1) is 82.9 Å². The highest BCUT2D eigenvalue weighted by atomic mass is 19.1. The number of aryl methyl sites for hydroxylation is 7. The van der Waals surface area contributed by atoms with E-state index >= 15 is 4.39 Å². The first-order chi connectivity index (χ1) is 63.6. The number of fused-ring (bicyclic) bond motifs is 1. The van der Waals surface area contributed by atoms with E-state index in [1.54, 1.807) is 65.3 Å². The van der Waals surface area contributed by atoms with Crippen molar-refractivity contribution < 1.29 is 85.6 Å². The topological polar surface area (TPSA) is 493 Å². The van der Waals surface area contributed by atoms with E-state index in [1.807, 2.05) is 11.0 Å². The molecule has 7 aromatic heterocycles. The number of aromatic nitrogens is 11. The average molecular weight is 1830 g/mol. The predicted molar refractivity (Wildman–Crippen MR) is 483 cm³/mol. The molecule has 12 rings (SSSR count). The van der Waals surface area contributed by atoms with Gasteiger partial charge in [-0.2, -0.15) is 0 Å². The van der Waals surface area contributed by atoms with Gasteiger partial charge in [-0.15, -0.1) is 0 Å². The second-order valence-electron chi connectivity index (χ2n) is 32.3. The van der Waals surface area contributed by atoms with E-state index in [-0.39, 0.29) is 178 Å². The molecule has 1 unspecified atom stereocenters. The summed E-state index contributed by atoms with van der Waals surface area (Å²) < 4.78 is 51.8. The summed E-state index contributed by atoms with van der Waals surface area (Å²) in [6.45, 7) is 7.71. The first-order valence-corrected chi connectivity index (χ1v) is 43.6. The van der Waals surface area contributed by atoms with Gasteiger partial charge in [-0.05, 0) is 80.9 Å². The zero-order valence-corrected chi connectivity index (χ0v) is 75.2. The number of nitrogens with one attached hydrogen (secondary N) is 12. The van der Waals surface area contributed by atoms with Crippen LogP contribution in [0.3, 0.4) is 0 Å². The summed E-state index contributed by atoms with van der Waals surface area (Å²) >= 11 is 0. The number of ether oxygens (including phenoxy) is 5. The summed E-state index contributed by atoms with van der Waals surface area (Å²) in [4.78, 5) is 184. The predicted octanol–water partition coefficient (Wildman–Crippen LogP) is 2.80. The standard InChI is InChI=1S/C88H115FN26O17/c1-106(2)68-52-115(64-19-16-57-11-9-12-63(89)79(57)64)51-62(68)56-14-17-61(18-15-56)113-30-32-114(33-31-113)78(121)55-132-42-41-131-40-39-130-38-37-129-36-35-128-34-28-91-73(116)20-24-90-77(120)46-69-96-47-70(100-69)105-85(124)67-43-58(48-110(67)6)97-75(118)21-26-95-86(125)81-103-71(53-111(81)7)101-74(117)13-10-23-93-83(122)65-45-60(50-108(65)4)99-88(127)82-104-72(54-112(82)8)102-76(119)22-25-94-84(123)66-44-59(49-109(66)5)98-87(126)80-92-27-29-107(80)3/h9,11-12,14-15,17-18,27,29,43-45,47-50,53-54,62,64,68H,10,13,16,19-26,28,30-42,46,51-52,55H2,1-8H3,(H,90,120)(H,91,116)(H,93,122)(H,94,123)(H,95,125)(H,96,100)(H,97,118)(H,98,126)(H,99,127)(H,101,117)(H,102,119)(H,105,124)/t62-,64?,68+/m1/s1. The number of imidazole rings is 4. The number of piperazine rings is 1. The minimum absolute atomic E-state index is 0.00902. The van der Waals surface area contributed by atoms with Crippen molar-refractivity contribution in [3.8, 4) is 0 Å². The number of H-pyrrole nitrogens is 1. The van der Waals surface area contributed by atoms with Crippen LogP contribution in [0.4, 0.5) is 44.6 Å². The van der Waals surface area contributed by atoms with Crippen molar-refractivity contribution in [1.82, 2.24) is 93.6 Å². The molecule has 9 aromatic rings. The molecule has 12 N–H and O–H groups in total. The molecular formula is C88H115FN26O17. The van der Waals surface area contributed by atoms with Crippen LogP contribution in [0, 0.1) is 5.82 Å². The number of halogens is 1. The van der Waals surface area contributed by atoms with Crippen molar-refractivity contribution in [3.05, 3.63) is 173 Å². The molecule has 1 aliphatic carbocycles. The van der Waals surface area contributed by atoms with Crippen molar-refractivity contribution in [3.63, 3.8) is 0 Å². The van der Waals surface area contributed by atoms with Crippen LogP contribution in [0.5, 0.6) is 0 Å². The number of nitrogens with zero attached hydrogens (tertiary/aromatic N) is 14. The van der Waals surface area contributed by atoms with E-state index in [4.69, 9.17) is 23.7 Å². The highest BCUT2D eigenvalue weighted by molar-refractivity contribution is 6.06. The molecule has 44 heteroatoms. The van der Waals surface area contributed by atoms with Gasteiger partial charge in [-0.25, -0.2) is 24.3 Å². The minimum atomic E-state index is -0.639. The highest BCUT2D eigenvalue weighted by Crippen LogP contribution is 2.43. The molecule has 132 heavy (non-hydrogen) atoms. The number of likely N-dealkylation sites (N-methyl/N-ethyl adjacent to an activating group) is 1. The Balaban J connectivity index is 0.432. The molecule has 2 aliphatic heterocycles. The van der Waals surface area contributed by atoms with Gasteiger partial charge in [0.15, 0.2) is 23.3 Å². The fourth-order valence-electron chi connectivity index (χ4n) is 15.7. The summed E-state index contributed by atoms with van der Waals surface area (Å²) in [6.07, 6.45) is 13.7. The Morgan fingerprint density at radius 2 is 1.00 bits per heavy atom. The largest absolute Gasteiger partial charge is 0.377 e. The van der Waals surface area contributed by atoms with Crippen LogP contribution in [0.1, 0.15) is 136 Å². The lowest BCUT2D eigenvalue weighted by Crippen LogP contribution is -2.49. The van der Waals surface area contributed by atoms with Crippen LogP contribution in [0.25, 0.3) is 0 Å². The first kappa shape index (κ1) is 97.3. The molecule has 9 heterocycles. The Hall–Kier alpha value is -13.8. The summed E-state index contributed by atoms with van der Waals surface area (Å²) in [5, 5.41) is 29.5. The maximum Gasteiger partial charge on any atom is 0.291 e. The molecule has 12 amide bonds. The molecule has 3 aliphatic rings. The van der Waals surface area contributed by atoms with E-state index in [2.05, 4.69) is 143 Å². The number of likely N-dealkylation sites (tertiary alicyclic amines) is 1. The van der Waals surface area contributed by atoms with E-state index in [1.165, 1.54) is 83.8 Å². The number of rotatable bonds is 48. The average Bonchev–Trinajstić information content (AvgIpc) is 1.62. The maximum absolute atomic E-state index is 15.0. The van der Waals surface area contributed by atoms with Gasteiger partial charge < -0.3 is 129 Å². The van der Waals surface area contributed by atoms with Crippen LogP contribution in [-0.2, 0) is 108 Å². The molecule has 3 atom stereocenters. The summed E-state index contributed by atoms with van der Waals surface area (Å²) in [5.41, 5.74) is 5.98. The second kappa shape index (κ2) is 47.2. The number of carbonyl (C=O) groups excluding carboxylic acids is 12. The molecule has 2 aromatic carbocycles. The van der Waals surface area contributed by atoms with E-state index in [0.717, 1.165) is 55.8 Å². The summed E-state index contributed by atoms with van der Waals surface area (Å²) in [7, 11) is 13.9. The van der Waals surface area contributed by atoms with Crippen molar-refractivity contribution >= 4 is 111 Å². The molecule has 0 radical (unpaired) electrons. The quantitative estimate of drug-likeness (QED) is 0.0244. The number of hydrogen-bond acceptors (Lipinski definition) is 24. The highest BCUT2D eigenvalue weighted by Gasteiger charge is 2.42. The molecule has 0 saturated carbocycles. The van der Waals surface area contributed by atoms with Gasteiger partial charge in [0.25, 0.3) is 35.4 Å². The van der Waals surface area contributed by atoms with Crippen LogP contribution in [0.15, 0.2) is 110 Å². The molecule has 0 bridgehead atoms. The number of anilines is 7. The van der Waals surface area contributed by atoms with Crippen LogP contribution in [-0.4, -0.2) is 296 Å². The third kappa shape index (κ3) is 27.4. The lowest BCUT2D eigenvalue weighted by molar-refractivity contribution is -0.137. The number of carbonyl (C=O) groups is 12. The number of amides is 12. The van der Waals surface area contributed by atoms with E-state index in [9.17, 15) is 57.5 Å². The Bertz CT molecular complexity index is 5540. The second-order valence-corrected chi connectivity index (χ2v) is 32.3. The number of hydrogen-bond donors (Lipinski definition) is 12. The molecular weight excluding hydrogens is 1710 g/mol. The number of aromatic amines is 1. The number of benzene rings is 2. The SMILES string of the molecule is CN(C)[C@H]1CN(C2CCc3cccc(F)c32)C[C@@H]1c1ccc(N2CCN(C(=O)COCCOCCOCCOCCOCCNC(=O)CCNC(=O)Cc3nc(NC(=O)c4cc(NC(=O)CCNC(=O)c5nc(NC(=O)CCCNC(=O)c6cc(NC(=O)c7nc(NC(=O)CCNC(=O)c8cc(NC(=O)c9nccn9C)cn8C)cn7C)cn6C)cn5C)cn4C)c[nH]3)CC2)cc1. The van der Waals surface area contributed by atoms with Gasteiger partial charge in [-0.1, -0.05) is 24.3 Å². The van der Waals surface area contributed by atoms with Crippen LogP contribution < -0.4 is 63.4 Å². The van der Waals surface area contributed by atoms with Crippen molar-refractivity contribution in [1.29, 1.82) is 0 Å². The first-order valence-electron chi connectivity index (χ1n) is 43.6. The molecule has 706 valence electrons. The Labute approximate surface area is 760 Å². The Morgan fingerprint density at radius 1 is 0.477 bits per heavy atom. The third-order valence-corrected chi connectivity index (χ3v) is 22.4. The van der Waals surface area contributed by atoms with Gasteiger partial charge in [0, 0.05) is 219 Å². The Morgan fingerprint density at radius 3 is 1.60 bits per heavy atom. The van der Waals surface area contributed by atoms with Gasteiger partial charge in [0.2, 0.25) is 47.1 Å². The lowest BCUT2D eigenvalue weighted by atomic mass is 9.93. The van der Waals surface area contributed by atoms with E-state index < -0.39 is 59.1 Å². The smallest absolute Gasteiger partial charge is 0.291 e. The van der Waals surface area contributed by atoms with Gasteiger partial charge in [0.1, 0.15) is 35.3 Å². The molecule has 2 saturated heterocycles. The van der Waals surface area contributed by atoms with Gasteiger partial charge >= 0.3 is 0 Å². The van der Waals surface area contributed by atoms with Crippen molar-refractivity contribution in [2.45, 2.75) is 69.4 Å².